The third kappa shape index (κ3) is 4.14. The highest BCUT2D eigenvalue weighted by molar-refractivity contribution is 5.95. The molecule has 0 spiro atoms. The molecule has 3 rings (SSSR count). The molecule has 22 heavy (non-hydrogen) atoms. The van der Waals surface area contributed by atoms with Gasteiger partial charge in [0.15, 0.2) is 0 Å². The second-order valence-electron chi connectivity index (χ2n) is 6.16. The van der Waals surface area contributed by atoms with E-state index in [1.165, 1.54) is 25.7 Å². The molecule has 2 aliphatic rings. The van der Waals surface area contributed by atoms with Crippen LogP contribution in [-0.4, -0.2) is 36.1 Å². The normalized spacial score (nSPS) is 19.9. The molecule has 1 aliphatic carbocycles. The number of nitrogens with two attached hydrogens (primary N) is 1. The predicted molar refractivity (Wildman–Crippen MR) is 90.4 cm³/mol. The molecule has 0 bridgehead atoms. The maximum atomic E-state index is 12.4. The summed E-state index contributed by atoms with van der Waals surface area (Å²) >= 11 is 0. The van der Waals surface area contributed by atoms with E-state index in [1.54, 1.807) is 12.1 Å². The molecule has 1 aromatic rings. The highest BCUT2D eigenvalue weighted by Gasteiger charge is 2.27. The highest BCUT2D eigenvalue weighted by Crippen LogP contribution is 2.25. The van der Waals surface area contributed by atoms with E-state index in [-0.39, 0.29) is 18.3 Å². The maximum absolute atomic E-state index is 12.4. The number of ether oxygens (including phenoxy) is 1. The summed E-state index contributed by atoms with van der Waals surface area (Å²) in [6.07, 6.45) is 7.72. The zero-order valence-electron chi connectivity index (χ0n) is 12.9. The summed E-state index contributed by atoms with van der Waals surface area (Å²) in [5.41, 5.74) is 7.07. The maximum Gasteiger partial charge on any atom is 0.253 e. The van der Waals surface area contributed by atoms with E-state index in [0.717, 1.165) is 25.9 Å². The van der Waals surface area contributed by atoms with Crippen molar-refractivity contribution in [2.75, 3.05) is 18.8 Å². The molecule has 0 aromatic heterocycles. The van der Waals surface area contributed by atoms with Crippen LogP contribution in [0.5, 0.6) is 0 Å². The number of hydrogen-bond acceptors (Lipinski definition) is 3. The first-order chi connectivity index (χ1) is 10.2. The van der Waals surface area contributed by atoms with Crippen LogP contribution in [0, 0.1) is 0 Å². The molecule has 1 aliphatic heterocycles. The van der Waals surface area contributed by atoms with Gasteiger partial charge in [-0.3, -0.25) is 4.79 Å². The number of hydrogen-bond donors (Lipinski definition) is 1. The van der Waals surface area contributed by atoms with Crippen LogP contribution < -0.4 is 5.73 Å². The molecule has 1 saturated heterocycles. The number of piperidine rings is 1. The standard InChI is InChI=1S/C17H24N2O2.ClH/c18-14-5-3-4-13(12-14)17(20)19-10-8-16(9-11-19)21-15-6-1-2-7-15;/h3-5,12,15-16H,1-2,6-11,18H2;1H. The number of nitrogen functional groups attached to an aromatic ring is 1. The van der Waals surface area contributed by atoms with Crippen molar-refractivity contribution in [3.05, 3.63) is 29.8 Å². The molecule has 0 radical (unpaired) electrons. The lowest BCUT2D eigenvalue weighted by atomic mass is 10.1. The van der Waals surface area contributed by atoms with Crippen LogP contribution in [0.2, 0.25) is 0 Å². The van der Waals surface area contributed by atoms with Crippen LogP contribution in [-0.2, 0) is 4.74 Å². The number of nitrogens with zero attached hydrogens (tertiary/aromatic N) is 1. The van der Waals surface area contributed by atoms with E-state index in [1.807, 2.05) is 17.0 Å². The van der Waals surface area contributed by atoms with Gasteiger partial charge in [0, 0.05) is 24.3 Å². The smallest absolute Gasteiger partial charge is 0.253 e. The Morgan fingerprint density at radius 3 is 2.36 bits per heavy atom. The van der Waals surface area contributed by atoms with Gasteiger partial charge in [0.1, 0.15) is 0 Å². The Hall–Kier alpha value is -1.26. The Morgan fingerprint density at radius 1 is 1.09 bits per heavy atom. The Bertz CT molecular complexity index is 495. The number of rotatable bonds is 3. The van der Waals surface area contributed by atoms with E-state index in [0.29, 0.717) is 23.5 Å². The van der Waals surface area contributed by atoms with E-state index < -0.39 is 0 Å². The first-order valence-corrected chi connectivity index (χ1v) is 8.02. The van der Waals surface area contributed by atoms with Crippen LogP contribution in [0.3, 0.4) is 0 Å². The van der Waals surface area contributed by atoms with Crippen LogP contribution in [0.25, 0.3) is 0 Å². The minimum atomic E-state index is 0. The van der Waals surface area contributed by atoms with Crippen molar-refractivity contribution >= 4 is 24.0 Å². The Kier molecular flexibility index (Phi) is 6.09. The zero-order valence-corrected chi connectivity index (χ0v) is 13.7. The highest BCUT2D eigenvalue weighted by atomic mass is 35.5. The minimum absolute atomic E-state index is 0. The first-order valence-electron chi connectivity index (χ1n) is 8.02. The summed E-state index contributed by atoms with van der Waals surface area (Å²) in [7, 11) is 0. The third-order valence-corrected chi connectivity index (χ3v) is 4.55. The van der Waals surface area contributed by atoms with Crippen molar-refractivity contribution in [2.45, 2.75) is 50.7 Å². The molecule has 1 aromatic carbocycles. The van der Waals surface area contributed by atoms with Crippen LogP contribution in [0.15, 0.2) is 24.3 Å². The van der Waals surface area contributed by atoms with Gasteiger partial charge in [-0.25, -0.2) is 0 Å². The van der Waals surface area contributed by atoms with Gasteiger partial charge in [-0.05, 0) is 43.9 Å². The molecule has 0 atom stereocenters. The van der Waals surface area contributed by atoms with Crippen molar-refractivity contribution < 1.29 is 9.53 Å². The average molecular weight is 325 g/mol. The number of carbonyl (C=O) groups is 1. The molecular formula is C17H25ClN2O2. The Balaban J connectivity index is 0.00000176. The number of amides is 1. The number of halogens is 1. The number of likely N-dealkylation sites (tertiary alicyclic amines) is 1. The van der Waals surface area contributed by atoms with Gasteiger partial charge in [-0.1, -0.05) is 18.9 Å². The van der Waals surface area contributed by atoms with Gasteiger partial charge in [-0.15, -0.1) is 12.4 Å². The van der Waals surface area contributed by atoms with E-state index in [9.17, 15) is 4.79 Å². The summed E-state index contributed by atoms with van der Waals surface area (Å²) in [6.45, 7) is 1.57. The van der Waals surface area contributed by atoms with Crippen molar-refractivity contribution in [3.63, 3.8) is 0 Å². The SMILES string of the molecule is Cl.Nc1cccc(C(=O)N2CCC(OC3CCCC3)CC2)c1. The van der Waals surface area contributed by atoms with E-state index in [2.05, 4.69) is 0 Å². The molecule has 0 unspecified atom stereocenters. The van der Waals surface area contributed by atoms with Crippen molar-refractivity contribution in [1.82, 2.24) is 4.90 Å². The molecule has 4 nitrogen and oxygen atoms in total. The molecule has 122 valence electrons. The zero-order chi connectivity index (χ0) is 14.7. The molecular weight excluding hydrogens is 300 g/mol. The molecule has 2 fully saturated rings. The monoisotopic (exact) mass is 324 g/mol. The lowest BCUT2D eigenvalue weighted by Gasteiger charge is -2.33. The van der Waals surface area contributed by atoms with E-state index in [4.69, 9.17) is 10.5 Å². The summed E-state index contributed by atoms with van der Waals surface area (Å²) in [4.78, 5) is 14.4. The lowest BCUT2D eigenvalue weighted by Crippen LogP contribution is -2.41. The number of anilines is 1. The molecule has 2 N–H and O–H groups in total. The Labute approximate surface area is 138 Å². The summed E-state index contributed by atoms with van der Waals surface area (Å²) in [6, 6.07) is 7.22. The minimum Gasteiger partial charge on any atom is -0.399 e. The van der Waals surface area contributed by atoms with Crippen LogP contribution in [0.4, 0.5) is 5.69 Å². The van der Waals surface area contributed by atoms with Crippen LogP contribution in [0.1, 0.15) is 48.9 Å². The summed E-state index contributed by atoms with van der Waals surface area (Å²) in [5.74, 6) is 0.0848. The van der Waals surface area contributed by atoms with E-state index >= 15 is 0 Å². The quantitative estimate of drug-likeness (QED) is 0.868. The molecule has 1 amide bonds. The number of carbonyl (C=O) groups excluding carboxylic acids is 1. The van der Waals surface area contributed by atoms with Gasteiger partial charge < -0.3 is 15.4 Å². The second kappa shape index (κ2) is 7.84. The largest absolute Gasteiger partial charge is 0.399 e. The summed E-state index contributed by atoms with van der Waals surface area (Å²) in [5, 5.41) is 0. The van der Waals surface area contributed by atoms with Crippen LogP contribution >= 0.6 is 12.4 Å². The fourth-order valence-corrected chi connectivity index (χ4v) is 3.35. The molecule has 1 heterocycles. The van der Waals surface area contributed by atoms with Gasteiger partial charge in [0.05, 0.1) is 12.2 Å². The molecule has 1 saturated carbocycles. The first kappa shape index (κ1) is 17.1. The second-order valence-corrected chi connectivity index (χ2v) is 6.16. The fraction of sp³-hybridized carbons (Fsp3) is 0.588. The fourth-order valence-electron chi connectivity index (χ4n) is 3.35. The van der Waals surface area contributed by atoms with Gasteiger partial charge in [-0.2, -0.15) is 0 Å². The Morgan fingerprint density at radius 2 is 1.73 bits per heavy atom. The van der Waals surface area contributed by atoms with Crippen molar-refractivity contribution in [2.24, 2.45) is 0 Å². The predicted octanol–water partition coefficient (Wildman–Crippen LogP) is 3.25. The molecule has 5 heteroatoms. The summed E-state index contributed by atoms with van der Waals surface area (Å²) < 4.78 is 6.15. The van der Waals surface area contributed by atoms with Crippen molar-refractivity contribution in [1.29, 1.82) is 0 Å². The topological polar surface area (TPSA) is 55.6 Å². The van der Waals surface area contributed by atoms with Gasteiger partial charge in [0.25, 0.3) is 5.91 Å². The number of benzene rings is 1. The van der Waals surface area contributed by atoms with Crippen molar-refractivity contribution in [3.8, 4) is 0 Å². The van der Waals surface area contributed by atoms with Gasteiger partial charge >= 0.3 is 0 Å². The third-order valence-electron chi connectivity index (χ3n) is 4.55. The lowest BCUT2D eigenvalue weighted by molar-refractivity contribution is -0.0357. The van der Waals surface area contributed by atoms with Gasteiger partial charge in [0.2, 0.25) is 0 Å². The average Bonchev–Trinajstić information content (AvgIpc) is 3.00.